The number of amides is 2. The Balaban J connectivity index is 2.28. The number of benzene rings is 1. The minimum absolute atomic E-state index is 0.0649. The summed E-state index contributed by atoms with van der Waals surface area (Å²) in [4.78, 5) is 26.0. The number of carbonyl (C=O) groups is 2. The quantitative estimate of drug-likeness (QED) is 0.905. The molecule has 1 fully saturated rings. The zero-order chi connectivity index (χ0) is 14.0. The molecule has 1 N–H and O–H groups in total. The van der Waals surface area contributed by atoms with E-state index in [2.05, 4.69) is 21.2 Å². The average Bonchev–Trinajstić information content (AvgIpc) is 2.89. The predicted octanol–water partition coefficient (Wildman–Crippen LogP) is 2.11. The van der Waals surface area contributed by atoms with Crippen LogP contribution in [0.4, 0.5) is 0 Å². The highest BCUT2D eigenvalue weighted by atomic mass is 79.9. The van der Waals surface area contributed by atoms with Crippen molar-refractivity contribution < 1.29 is 9.59 Å². The predicted molar refractivity (Wildman–Crippen MR) is 77.0 cm³/mol. The molecule has 0 spiro atoms. The van der Waals surface area contributed by atoms with E-state index in [1.807, 2.05) is 25.1 Å². The number of likely N-dealkylation sites (tertiary alicyclic amines) is 1. The number of nitrogens with zero attached hydrogens (tertiary/aromatic N) is 1. The molecule has 1 heterocycles. The number of aryl methyl sites for hydroxylation is 1. The molecule has 2 rings (SSSR count). The van der Waals surface area contributed by atoms with Gasteiger partial charge in [-0.25, -0.2) is 0 Å². The second kappa shape index (κ2) is 5.74. The van der Waals surface area contributed by atoms with Crippen LogP contribution in [-0.4, -0.2) is 36.3 Å². The first kappa shape index (κ1) is 14.1. The Labute approximate surface area is 121 Å². The topological polar surface area (TPSA) is 49.4 Å². The monoisotopic (exact) mass is 324 g/mol. The molecule has 2 amide bonds. The van der Waals surface area contributed by atoms with E-state index in [-0.39, 0.29) is 17.9 Å². The summed E-state index contributed by atoms with van der Waals surface area (Å²) in [6.07, 6.45) is 1.61. The van der Waals surface area contributed by atoms with Crippen LogP contribution < -0.4 is 5.32 Å². The van der Waals surface area contributed by atoms with Crippen LogP contribution in [0.3, 0.4) is 0 Å². The van der Waals surface area contributed by atoms with E-state index in [0.717, 1.165) is 22.9 Å². The Morgan fingerprint density at radius 3 is 2.84 bits per heavy atom. The molecule has 0 aliphatic carbocycles. The summed E-state index contributed by atoms with van der Waals surface area (Å²) in [6, 6.07) is 5.29. The smallest absolute Gasteiger partial charge is 0.254 e. The Hall–Kier alpha value is -1.36. The largest absolute Gasteiger partial charge is 0.357 e. The van der Waals surface area contributed by atoms with Crippen LogP contribution in [0.15, 0.2) is 22.7 Å². The summed E-state index contributed by atoms with van der Waals surface area (Å²) in [6.45, 7) is 2.55. The van der Waals surface area contributed by atoms with E-state index in [1.165, 1.54) is 0 Å². The van der Waals surface area contributed by atoms with Gasteiger partial charge in [0.15, 0.2) is 0 Å². The van der Waals surface area contributed by atoms with Crippen LogP contribution >= 0.6 is 15.9 Å². The maximum atomic E-state index is 12.6. The van der Waals surface area contributed by atoms with Crippen LogP contribution in [0.1, 0.15) is 28.8 Å². The fraction of sp³-hybridized carbons (Fsp3) is 0.429. The molecule has 1 atom stereocenters. The number of hydrogen-bond donors (Lipinski definition) is 1. The van der Waals surface area contributed by atoms with Crippen LogP contribution in [0.25, 0.3) is 0 Å². The van der Waals surface area contributed by atoms with Gasteiger partial charge in [0.1, 0.15) is 6.04 Å². The molecule has 5 heteroatoms. The highest BCUT2D eigenvalue weighted by Crippen LogP contribution is 2.23. The number of hydrogen-bond acceptors (Lipinski definition) is 2. The van der Waals surface area contributed by atoms with Crippen molar-refractivity contribution in [3.63, 3.8) is 0 Å². The minimum Gasteiger partial charge on any atom is -0.357 e. The Morgan fingerprint density at radius 2 is 2.16 bits per heavy atom. The van der Waals surface area contributed by atoms with Gasteiger partial charge in [0, 0.05) is 23.6 Å². The van der Waals surface area contributed by atoms with Crippen molar-refractivity contribution in [1.82, 2.24) is 10.2 Å². The van der Waals surface area contributed by atoms with E-state index in [0.29, 0.717) is 12.1 Å². The number of halogens is 1. The number of likely N-dealkylation sites (N-methyl/N-ethyl adjacent to an activating group) is 1. The Kier molecular flexibility index (Phi) is 4.24. The van der Waals surface area contributed by atoms with Crippen molar-refractivity contribution in [3.05, 3.63) is 33.8 Å². The molecular formula is C14H17BrN2O2. The third kappa shape index (κ3) is 2.81. The molecule has 0 saturated carbocycles. The third-order valence-corrected chi connectivity index (χ3v) is 3.99. The zero-order valence-electron chi connectivity index (χ0n) is 11.1. The van der Waals surface area contributed by atoms with Gasteiger partial charge in [0.05, 0.1) is 0 Å². The number of nitrogens with one attached hydrogen (secondary N) is 1. The minimum atomic E-state index is -0.337. The molecule has 1 saturated heterocycles. The second-order valence-electron chi connectivity index (χ2n) is 4.73. The van der Waals surface area contributed by atoms with E-state index in [9.17, 15) is 9.59 Å². The second-order valence-corrected chi connectivity index (χ2v) is 5.65. The highest BCUT2D eigenvalue weighted by Gasteiger charge is 2.34. The fourth-order valence-electron chi connectivity index (χ4n) is 2.43. The van der Waals surface area contributed by atoms with Crippen molar-refractivity contribution in [2.24, 2.45) is 0 Å². The van der Waals surface area contributed by atoms with Gasteiger partial charge in [0.25, 0.3) is 5.91 Å². The van der Waals surface area contributed by atoms with E-state index < -0.39 is 0 Å². The van der Waals surface area contributed by atoms with Gasteiger partial charge in [-0.15, -0.1) is 0 Å². The summed E-state index contributed by atoms with van der Waals surface area (Å²) in [5.41, 5.74) is 1.58. The van der Waals surface area contributed by atoms with Gasteiger partial charge in [-0.2, -0.15) is 0 Å². The van der Waals surface area contributed by atoms with Gasteiger partial charge in [0.2, 0.25) is 5.91 Å². The van der Waals surface area contributed by atoms with Crippen molar-refractivity contribution in [2.75, 3.05) is 13.6 Å². The SMILES string of the molecule is CNC(=O)C1CCCN1C(=O)c1cc(Br)ccc1C. The summed E-state index contributed by atoms with van der Waals surface area (Å²) in [5.74, 6) is -0.150. The molecule has 19 heavy (non-hydrogen) atoms. The first-order chi connectivity index (χ1) is 9.04. The summed E-state index contributed by atoms with van der Waals surface area (Å²) in [7, 11) is 1.60. The molecule has 1 aliphatic heterocycles. The van der Waals surface area contributed by atoms with Gasteiger partial charge >= 0.3 is 0 Å². The molecular weight excluding hydrogens is 308 g/mol. The summed E-state index contributed by atoms with van der Waals surface area (Å²) >= 11 is 3.38. The lowest BCUT2D eigenvalue weighted by Crippen LogP contribution is -2.45. The fourth-order valence-corrected chi connectivity index (χ4v) is 2.79. The van der Waals surface area contributed by atoms with Gasteiger partial charge in [-0.1, -0.05) is 22.0 Å². The first-order valence-electron chi connectivity index (χ1n) is 6.33. The first-order valence-corrected chi connectivity index (χ1v) is 7.12. The lowest BCUT2D eigenvalue weighted by atomic mass is 10.1. The average molecular weight is 325 g/mol. The van der Waals surface area contributed by atoms with E-state index in [1.54, 1.807) is 11.9 Å². The van der Waals surface area contributed by atoms with Gasteiger partial charge in [-0.3, -0.25) is 9.59 Å². The third-order valence-electron chi connectivity index (χ3n) is 3.49. The van der Waals surface area contributed by atoms with E-state index in [4.69, 9.17) is 0 Å². The van der Waals surface area contributed by atoms with Gasteiger partial charge < -0.3 is 10.2 Å². The van der Waals surface area contributed by atoms with Crippen LogP contribution in [0, 0.1) is 6.92 Å². The lowest BCUT2D eigenvalue weighted by Gasteiger charge is -2.24. The Bertz CT molecular complexity index is 516. The molecule has 0 bridgehead atoms. The lowest BCUT2D eigenvalue weighted by molar-refractivity contribution is -0.124. The Morgan fingerprint density at radius 1 is 1.42 bits per heavy atom. The van der Waals surface area contributed by atoms with Crippen LogP contribution in [0.5, 0.6) is 0 Å². The molecule has 0 radical (unpaired) electrons. The molecule has 1 unspecified atom stereocenters. The highest BCUT2D eigenvalue weighted by molar-refractivity contribution is 9.10. The molecule has 4 nitrogen and oxygen atoms in total. The van der Waals surface area contributed by atoms with Crippen molar-refractivity contribution in [3.8, 4) is 0 Å². The normalized spacial score (nSPS) is 18.5. The molecule has 1 aliphatic rings. The van der Waals surface area contributed by atoms with Crippen LogP contribution in [-0.2, 0) is 4.79 Å². The van der Waals surface area contributed by atoms with Crippen molar-refractivity contribution in [2.45, 2.75) is 25.8 Å². The van der Waals surface area contributed by atoms with Crippen molar-refractivity contribution >= 4 is 27.7 Å². The molecule has 102 valence electrons. The molecule has 0 aromatic heterocycles. The number of rotatable bonds is 2. The van der Waals surface area contributed by atoms with Crippen LogP contribution in [0.2, 0.25) is 0 Å². The standard InChI is InChI=1S/C14H17BrN2O2/c1-9-5-6-10(15)8-11(9)14(19)17-7-3-4-12(17)13(18)16-2/h5-6,8,12H,3-4,7H2,1-2H3,(H,16,18). The van der Waals surface area contributed by atoms with E-state index >= 15 is 0 Å². The zero-order valence-corrected chi connectivity index (χ0v) is 12.7. The number of carbonyl (C=O) groups excluding carboxylic acids is 2. The summed E-state index contributed by atoms with van der Waals surface area (Å²) in [5, 5.41) is 2.63. The van der Waals surface area contributed by atoms with Gasteiger partial charge in [-0.05, 0) is 37.5 Å². The summed E-state index contributed by atoms with van der Waals surface area (Å²) < 4.78 is 0.872. The molecule has 1 aromatic rings. The maximum Gasteiger partial charge on any atom is 0.254 e. The maximum absolute atomic E-state index is 12.6. The van der Waals surface area contributed by atoms with Crippen molar-refractivity contribution in [1.29, 1.82) is 0 Å². The molecule has 1 aromatic carbocycles.